The van der Waals surface area contributed by atoms with Crippen molar-refractivity contribution in [2.75, 3.05) is 13.1 Å². The molecule has 0 bridgehead atoms. The minimum atomic E-state index is -0.794. The molecule has 1 saturated heterocycles. The average molecular weight is 406 g/mol. The third kappa shape index (κ3) is 5.80. The van der Waals surface area contributed by atoms with E-state index in [-0.39, 0.29) is 17.8 Å². The van der Waals surface area contributed by atoms with Crippen LogP contribution >= 0.6 is 0 Å². The number of carboxylic acid groups (broad SMARTS) is 1. The van der Waals surface area contributed by atoms with E-state index in [2.05, 4.69) is 35.8 Å². The fraction of sp³-hybridized carbons (Fsp3) is 0.870. The fourth-order valence-corrected chi connectivity index (χ4v) is 5.45. The highest BCUT2D eigenvalue weighted by molar-refractivity contribution is 5.67. The Labute approximate surface area is 175 Å². The van der Waals surface area contributed by atoms with E-state index in [1.54, 1.807) is 0 Å². The van der Waals surface area contributed by atoms with E-state index < -0.39 is 5.97 Å². The number of aliphatic carboxylic acids is 1. The summed E-state index contributed by atoms with van der Waals surface area (Å²) in [6, 6.07) is 0. The van der Waals surface area contributed by atoms with Crippen molar-refractivity contribution in [3.05, 3.63) is 11.7 Å². The van der Waals surface area contributed by atoms with E-state index in [9.17, 15) is 9.90 Å². The fourth-order valence-electron chi connectivity index (χ4n) is 5.45. The summed E-state index contributed by atoms with van der Waals surface area (Å²) < 4.78 is 5.52. The van der Waals surface area contributed by atoms with Gasteiger partial charge in [0.1, 0.15) is 0 Å². The van der Waals surface area contributed by atoms with Crippen LogP contribution in [0.2, 0.25) is 0 Å². The summed E-state index contributed by atoms with van der Waals surface area (Å²) in [6.45, 7) is 9.98. The summed E-state index contributed by atoms with van der Waals surface area (Å²) in [5, 5.41) is 13.5. The number of likely N-dealkylation sites (tertiary alicyclic amines) is 1. The molecule has 1 N–H and O–H groups in total. The van der Waals surface area contributed by atoms with Crippen molar-refractivity contribution >= 4 is 5.97 Å². The van der Waals surface area contributed by atoms with Gasteiger partial charge in [-0.1, -0.05) is 51.6 Å². The van der Waals surface area contributed by atoms with Crippen molar-refractivity contribution in [1.29, 1.82) is 0 Å². The molecule has 0 spiro atoms. The van der Waals surface area contributed by atoms with E-state index in [1.807, 2.05) is 0 Å². The summed E-state index contributed by atoms with van der Waals surface area (Å²) in [6.07, 6.45) is 12.1. The summed E-state index contributed by atoms with van der Waals surface area (Å²) in [7, 11) is 0. The number of nitrogens with zero attached hydrogens (tertiary/aromatic N) is 3. The molecule has 3 rings (SSSR count). The number of aromatic nitrogens is 2. The molecular formula is C23H39N3O3. The van der Waals surface area contributed by atoms with E-state index in [1.165, 1.54) is 44.9 Å². The first kappa shape index (κ1) is 22.3. The quantitative estimate of drug-likeness (QED) is 0.593. The van der Waals surface area contributed by atoms with Gasteiger partial charge < -0.3 is 9.63 Å². The molecule has 1 aliphatic heterocycles. The third-order valence-electron chi connectivity index (χ3n) is 7.43. The maximum atomic E-state index is 11.5. The first-order valence-corrected chi connectivity index (χ1v) is 11.6. The van der Waals surface area contributed by atoms with Gasteiger partial charge in [0.2, 0.25) is 5.89 Å². The van der Waals surface area contributed by atoms with Crippen LogP contribution in [0.15, 0.2) is 4.52 Å². The van der Waals surface area contributed by atoms with Crippen molar-refractivity contribution in [1.82, 2.24) is 15.0 Å². The van der Waals surface area contributed by atoms with Gasteiger partial charge in [0, 0.05) is 5.92 Å². The van der Waals surface area contributed by atoms with Crippen molar-refractivity contribution in [3.8, 4) is 0 Å². The second kappa shape index (κ2) is 9.59. The SMILES string of the molecule is CC(C)(C)C1(CCCC(CC(=O)O)c2nc(CN3CCCC3)no2)CCCCC1. The summed E-state index contributed by atoms with van der Waals surface area (Å²) in [5.41, 5.74) is 0.651. The summed E-state index contributed by atoms with van der Waals surface area (Å²) in [5.74, 6) is 0.219. The van der Waals surface area contributed by atoms with Gasteiger partial charge in [-0.2, -0.15) is 4.98 Å². The predicted molar refractivity (Wildman–Crippen MR) is 113 cm³/mol. The molecule has 2 fully saturated rings. The topological polar surface area (TPSA) is 79.5 Å². The first-order valence-electron chi connectivity index (χ1n) is 11.6. The Morgan fingerprint density at radius 3 is 2.48 bits per heavy atom. The highest BCUT2D eigenvalue weighted by atomic mass is 16.5. The van der Waals surface area contributed by atoms with Crippen LogP contribution in [0.5, 0.6) is 0 Å². The molecular weight excluding hydrogens is 366 g/mol. The predicted octanol–water partition coefficient (Wildman–Crippen LogP) is 5.39. The molecule has 6 heteroatoms. The molecule has 29 heavy (non-hydrogen) atoms. The van der Waals surface area contributed by atoms with Crippen molar-refractivity contribution in [2.45, 2.75) is 104 Å². The van der Waals surface area contributed by atoms with Gasteiger partial charge in [-0.3, -0.25) is 9.69 Å². The number of carboxylic acids is 1. The molecule has 1 aliphatic carbocycles. The van der Waals surface area contributed by atoms with E-state index in [0.29, 0.717) is 23.7 Å². The van der Waals surface area contributed by atoms with Crippen molar-refractivity contribution in [3.63, 3.8) is 0 Å². The molecule has 1 aromatic rings. The Morgan fingerprint density at radius 2 is 1.86 bits per heavy atom. The molecule has 6 nitrogen and oxygen atoms in total. The highest BCUT2D eigenvalue weighted by Gasteiger charge is 2.42. The minimum absolute atomic E-state index is 0.0634. The molecule has 164 valence electrons. The van der Waals surface area contributed by atoms with Gasteiger partial charge in [-0.05, 0) is 62.4 Å². The smallest absolute Gasteiger partial charge is 0.304 e. The van der Waals surface area contributed by atoms with Crippen LogP contribution in [0.25, 0.3) is 0 Å². The van der Waals surface area contributed by atoms with Gasteiger partial charge in [-0.15, -0.1) is 0 Å². The maximum Gasteiger partial charge on any atom is 0.304 e. The van der Waals surface area contributed by atoms with Crippen LogP contribution in [-0.2, 0) is 11.3 Å². The first-order chi connectivity index (χ1) is 13.8. The third-order valence-corrected chi connectivity index (χ3v) is 7.43. The Bertz CT molecular complexity index is 653. The number of hydrogen-bond donors (Lipinski definition) is 1. The molecule has 0 aromatic carbocycles. The van der Waals surface area contributed by atoms with Gasteiger partial charge in [0.25, 0.3) is 0 Å². The average Bonchev–Trinajstić information content (AvgIpc) is 3.33. The lowest BCUT2D eigenvalue weighted by atomic mass is 9.57. The maximum absolute atomic E-state index is 11.5. The van der Waals surface area contributed by atoms with Crippen LogP contribution in [0.4, 0.5) is 0 Å². The molecule has 1 saturated carbocycles. The van der Waals surface area contributed by atoms with Crippen molar-refractivity contribution < 1.29 is 14.4 Å². The summed E-state index contributed by atoms with van der Waals surface area (Å²) >= 11 is 0. The van der Waals surface area contributed by atoms with Gasteiger partial charge in [0.05, 0.1) is 13.0 Å². The van der Waals surface area contributed by atoms with Gasteiger partial charge in [-0.25, -0.2) is 0 Å². The van der Waals surface area contributed by atoms with Crippen LogP contribution in [-0.4, -0.2) is 39.2 Å². The van der Waals surface area contributed by atoms with E-state index >= 15 is 0 Å². The molecule has 1 aromatic heterocycles. The number of rotatable bonds is 9. The molecule has 0 amide bonds. The highest BCUT2D eigenvalue weighted by Crippen LogP contribution is 2.53. The lowest BCUT2D eigenvalue weighted by Crippen LogP contribution is -2.37. The monoisotopic (exact) mass is 405 g/mol. The second-order valence-corrected chi connectivity index (χ2v) is 10.3. The molecule has 2 aliphatic rings. The molecule has 1 atom stereocenters. The standard InChI is InChI=1S/C23H39N3O3/c1-22(2,3)23(11-5-4-6-12-23)13-9-10-18(16-20(27)28)21-24-19(25-29-21)17-26-14-7-8-15-26/h18H,4-17H2,1-3H3,(H,27,28). The Kier molecular flexibility index (Phi) is 7.36. The van der Waals surface area contributed by atoms with Crippen molar-refractivity contribution in [2.24, 2.45) is 10.8 Å². The Hall–Kier alpha value is -1.43. The zero-order valence-electron chi connectivity index (χ0n) is 18.6. The van der Waals surface area contributed by atoms with E-state index in [4.69, 9.17) is 4.52 Å². The number of hydrogen-bond acceptors (Lipinski definition) is 5. The zero-order valence-corrected chi connectivity index (χ0v) is 18.6. The van der Waals surface area contributed by atoms with Crippen LogP contribution in [0.1, 0.15) is 109 Å². The minimum Gasteiger partial charge on any atom is -0.481 e. The second-order valence-electron chi connectivity index (χ2n) is 10.3. The number of carbonyl (C=O) groups is 1. The lowest BCUT2D eigenvalue weighted by Gasteiger charge is -2.48. The van der Waals surface area contributed by atoms with Crippen LogP contribution in [0.3, 0.4) is 0 Å². The van der Waals surface area contributed by atoms with Gasteiger partial charge >= 0.3 is 5.97 Å². The molecule has 0 radical (unpaired) electrons. The Morgan fingerprint density at radius 1 is 1.17 bits per heavy atom. The molecule has 1 unspecified atom stereocenters. The van der Waals surface area contributed by atoms with Crippen LogP contribution in [0, 0.1) is 10.8 Å². The van der Waals surface area contributed by atoms with E-state index in [0.717, 1.165) is 32.4 Å². The molecule has 2 heterocycles. The van der Waals surface area contributed by atoms with Crippen LogP contribution < -0.4 is 0 Å². The normalized spacial score (nSPS) is 21.3. The Balaban J connectivity index is 1.61. The largest absolute Gasteiger partial charge is 0.481 e. The zero-order chi connectivity index (χ0) is 20.9. The van der Waals surface area contributed by atoms with Gasteiger partial charge in [0.15, 0.2) is 5.82 Å². The lowest BCUT2D eigenvalue weighted by molar-refractivity contribution is -0.137. The summed E-state index contributed by atoms with van der Waals surface area (Å²) in [4.78, 5) is 18.4.